The summed E-state index contributed by atoms with van der Waals surface area (Å²) in [6.45, 7) is 1.48. The molecule has 7 nitrogen and oxygen atoms in total. The van der Waals surface area contributed by atoms with Crippen LogP contribution in [0, 0.1) is 0 Å². The average molecular weight is 330 g/mol. The first kappa shape index (κ1) is 17.3. The third kappa shape index (κ3) is 4.22. The quantitative estimate of drug-likeness (QED) is 0.818. The lowest BCUT2D eigenvalue weighted by atomic mass is 10.2. The van der Waals surface area contributed by atoms with Gasteiger partial charge in [0.15, 0.2) is 6.10 Å². The monoisotopic (exact) mass is 330 g/mol. The fourth-order valence-electron chi connectivity index (χ4n) is 1.91. The van der Waals surface area contributed by atoms with Gasteiger partial charge in [-0.1, -0.05) is 0 Å². The minimum atomic E-state index is -0.992. The van der Waals surface area contributed by atoms with Gasteiger partial charge in [0.25, 0.3) is 5.91 Å². The largest absolute Gasteiger partial charge is 0.497 e. The van der Waals surface area contributed by atoms with Gasteiger partial charge in [-0.3, -0.25) is 9.78 Å². The number of hydrogen-bond acceptors (Lipinski definition) is 6. The number of pyridine rings is 1. The number of aromatic nitrogens is 1. The number of carbonyl (C=O) groups is 2. The van der Waals surface area contributed by atoms with Crippen LogP contribution in [0.1, 0.15) is 17.3 Å². The number of esters is 1. The normalized spacial score (nSPS) is 11.3. The molecule has 0 saturated heterocycles. The highest BCUT2D eigenvalue weighted by atomic mass is 16.5. The van der Waals surface area contributed by atoms with Crippen LogP contribution in [-0.2, 0) is 9.53 Å². The van der Waals surface area contributed by atoms with Crippen molar-refractivity contribution in [2.24, 2.45) is 0 Å². The summed E-state index contributed by atoms with van der Waals surface area (Å²) in [5.74, 6) is -0.0804. The molecule has 0 saturated carbocycles. The van der Waals surface area contributed by atoms with E-state index in [4.69, 9.17) is 14.2 Å². The Hall–Kier alpha value is -3.09. The highest BCUT2D eigenvalue weighted by Gasteiger charge is 2.20. The number of ether oxygens (including phenoxy) is 3. The molecule has 1 aromatic carbocycles. The summed E-state index contributed by atoms with van der Waals surface area (Å²) < 4.78 is 15.4. The van der Waals surface area contributed by atoms with Gasteiger partial charge < -0.3 is 19.5 Å². The van der Waals surface area contributed by atoms with Crippen LogP contribution in [0.4, 0.5) is 5.69 Å². The van der Waals surface area contributed by atoms with Crippen LogP contribution in [0.5, 0.6) is 11.5 Å². The Balaban J connectivity index is 2.05. The second kappa shape index (κ2) is 7.96. The lowest BCUT2D eigenvalue weighted by molar-refractivity contribution is -0.123. The fraction of sp³-hybridized carbons (Fsp3) is 0.235. The molecule has 0 spiro atoms. The van der Waals surface area contributed by atoms with E-state index in [9.17, 15) is 9.59 Å². The first-order chi connectivity index (χ1) is 11.5. The molecule has 0 unspecified atom stereocenters. The molecule has 0 aliphatic carbocycles. The smallest absolute Gasteiger partial charge is 0.340 e. The van der Waals surface area contributed by atoms with E-state index in [0.717, 1.165) is 0 Å². The molecule has 0 fully saturated rings. The lowest BCUT2D eigenvalue weighted by Crippen LogP contribution is -2.30. The number of anilines is 1. The highest BCUT2D eigenvalue weighted by molar-refractivity contribution is 5.98. The molecule has 1 aromatic heterocycles. The minimum absolute atomic E-state index is 0.274. The zero-order chi connectivity index (χ0) is 17.5. The van der Waals surface area contributed by atoms with Crippen LogP contribution < -0.4 is 14.8 Å². The summed E-state index contributed by atoms with van der Waals surface area (Å²) in [5.41, 5.74) is 0.697. The molecule has 7 heteroatoms. The van der Waals surface area contributed by atoms with E-state index in [1.165, 1.54) is 27.3 Å². The average Bonchev–Trinajstić information content (AvgIpc) is 2.62. The predicted octanol–water partition coefficient (Wildman–Crippen LogP) is 2.28. The molecule has 0 aliphatic heterocycles. The van der Waals surface area contributed by atoms with Gasteiger partial charge in [0.1, 0.15) is 11.5 Å². The van der Waals surface area contributed by atoms with Crippen molar-refractivity contribution in [1.29, 1.82) is 0 Å². The van der Waals surface area contributed by atoms with Gasteiger partial charge in [0, 0.05) is 18.5 Å². The molecule has 0 aliphatic rings. The Morgan fingerprint density at radius 2 is 1.96 bits per heavy atom. The maximum atomic E-state index is 12.2. The fourth-order valence-corrected chi connectivity index (χ4v) is 1.91. The maximum Gasteiger partial charge on any atom is 0.340 e. The number of nitrogens with zero attached hydrogens (tertiary/aromatic N) is 1. The number of rotatable bonds is 6. The van der Waals surface area contributed by atoms with Gasteiger partial charge in [0.05, 0.1) is 25.5 Å². The Labute approximate surface area is 139 Å². The van der Waals surface area contributed by atoms with E-state index in [1.54, 1.807) is 36.5 Å². The number of amides is 1. The standard InChI is InChI=1S/C17H18N2O5/c1-11(24-17(21)12-5-4-8-18-10-12)16(20)19-14-9-13(22-2)6-7-15(14)23-3/h4-11H,1-3H3,(H,19,20)/t11-/m0/s1. The number of benzene rings is 1. The minimum Gasteiger partial charge on any atom is -0.497 e. The van der Waals surface area contributed by atoms with Gasteiger partial charge in [-0.05, 0) is 31.2 Å². The maximum absolute atomic E-state index is 12.2. The first-order valence-electron chi connectivity index (χ1n) is 7.19. The van der Waals surface area contributed by atoms with Gasteiger partial charge in [-0.25, -0.2) is 4.79 Å². The molecule has 1 amide bonds. The van der Waals surface area contributed by atoms with Crippen molar-refractivity contribution in [3.63, 3.8) is 0 Å². The number of carbonyl (C=O) groups excluding carboxylic acids is 2. The molecular formula is C17H18N2O5. The summed E-state index contributed by atoms with van der Waals surface area (Å²) >= 11 is 0. The van der Waals surface area contributed by atoms with Crippen molar-refractivity contribution in [2.45, 2.75) is 13.0 Å². The van der Waals surface area contributed by atoms with Crippen LogP contribution in [0.2, 0.25) is 0 Å². The lowest BCUT2D eigenvalue weighted by Gasteiger charge is -2.15. The van der Waals surface area contributed by atoms with E-state index in [-0.39, 0.29) is 5.56 Å². The summed E-state index contributed by atoms with van der Waals surface area (Å²) in [6.07, 6.45) is 1.92. The molecule has 2 rings (SSSR count). The summed E-state index contributed by atoms with van der Waals surface area (Å²) in [7, 11) is 3.01. The second-order valence-electron chi connectivity index (χ2n) is 4.84. The molecule has 0 radical (unpaired) electrons. The molecule has 1 N–H and O–H groups in total. The Bertz CT molecular complexity index is 718. The molecule has 0 bridgehead atoms. The molecule has 24 heavy (non-hydrogen) atoms. The van der Waals surface area contributed by atoms with E-state index in [2.05, 4.69) is 10.3 Å². The van der Waals surface area contributed by atoms with Crippen molar-refractivity contribution >= 4 is 17.6 Å². The van der Waals surface area contributed by atoms with Gasteiger partial charge in [-0.15, -0.1) is 0 Å². The second-order valence-corrected chi connectivity index (χ2v) is 4.84. The summed E-state index contributed by atoms with van der Waals surface area (Å²) in [4.78, 5) is 28.0. The Morgan fingerprint density at radius 1 is 1.17 bits per heavy atom. The van der Waals surface area contributed by atoms with Crippen LogP contribution >= 0.6 is 0 Å². The summed E-state index contributed by atoms with van der Waals surface area (Å²) in [5, 5.41) is 2.66. The molecule has 126 valence electrons. The van der Waals surface area contributed by atoms with Crippen molar-refractivity contribution in [3.8, 4) is 11.5 Å². The van der Waals surface area contributed by atoms with Crippen LogP contribution in [0.15, 0.2) is 42.7 Å². The van der Waals surface area contributed by atoms with Crippen molar-refractivity contribution in [1.82, 2.24) is 4.98 Å². The van der Waals surface area contributed by atoms with Gasteiger partial charge in [-0.2, -0.15) is 0 Å². The molecule has 1 heterocycles. The molecular weight excluding hydrogens is 312 g/mol. The van der Waals surface area contributed by atoms with E-state index < -0.39 is 18.0 Å². The Kier molecular flexibility index (Phi) is 5.73. The molecule has 1 atom stereocenters. The van der Waals surface area contributed by atoms with Gasteiger partial charge in [0.2, 0.25) is 0 Å². The van der Waals surface area contributed by atoms with Crippen molar-refractivity contribution in [3.05, 3.63) is 48.3 Å². The van der Waals surface area contributed by atoms with E-state index in [0.29, 0.717) is 17.2 Å². The number of methoxy groups -OCH3 is 2. The zero-order valence-electron chi connectivity index (χ0n) is 13.6. The van der Waals surface area contributed by atoms with Crippen LogP contribution in [-0.4, -0.2) is 37.2 Å². The third-order valence-electron chi connectivity index (χ3n) is 3.21. The topological polar surface area (TPSA) is 86.8 Å². The van der Waals surface area contributed by atoms with Crippen molar-refractivity contribution in [2.75, 3.05) is 19.5 Å². The number of nitrogens with one attached hydrogen (secondary N) is 1. The van der Waals surface area contributed by atoms with Crippen LogP contribution in [0.25, 0.3) is 0 Å². The first-order valence-corrected chi connectivity index (χ1v) is 7.19. The number of hydrogen-bond donors (Lipinski definition) is 1. The molecule has 2 aromatic rings. The SMILES string of the molecule is COc1ccc(OC)c(NC(=O)[C@H](C)OC(=O)c2cccnc2)c1. The Morgan fingerprint density at radius 3 is 2.58 bits per heavy atom. The third-order valence-corrected chi connectivity index (χ3v) is 3.21. The summed E-state index contributed by atoms with van der Waals surface area (Å²) in [6, 6.07) is 8.17. The van der Waals surface area contributed by atoms with Crippen LogP contribution in [0.3, 0.4) is 0 Å². The van der Waals surface area contributed by atoms with E-state index >= 15 is 0 Å². The van der Waals surface area contributed by atoms with E-state index in [1.807, 2.05) is 0 Å². The predicted molar refractivity (Wildman–Crippen MR) is 87.3 cm³/mol. The highest BCUT2D eigenvalue weighted by Crippen LogP contribution is 2.29. The van der Waals surface area contributed by atoms with Gasteiger partial charge >= 0.3 is 5.97 Å². The zero-order valence-corrected chi connectivity index (χ0v) is 13.6. The van der Waals surface area contributed by atoms with Crippen molar-refractivity contribution < 1.29 is 23.8 Å².